The second-order valence-electron chi connectivity index (χ2n) is 5.22. The van der Waals surface area contributed by atoms with E-state index in [2.05, 4.69) is 59.4 Å². The zero-order chi connectivity index (χ0) is 13.9. The predicted octanol–water partition coefficient (Wildman–Crippen LogP) is 5.85. The maximum absolute atomic E-state index is 3.61. The first-order valence-corrected chi connectivity index (χ1v) is 8.56. The molecule has 0 amide bonds. The Bertz CT molecular complexity index is 321. The predicted molar refractivity (Wildman–Crippen MR) is 88.6 cm³/mol. The quantitative estimate of drug-likeness (QED) is 0.532. The molecule has 0 bridgehead atoms. The molecule has 0 radical (unpaired) electrons. The summed E-state index contributed by atoms with van der Waals surface area (Å²) >= 11 is 3.50. The fraction of sp³-hybridized carbons (Fsp3) is 0.647. The highest BCUT2D eigenvalue weighted by molar-refractivity contribution is 9.10. The first-order chi connectivity index (χ1) is 9.27. The van der Waals surface area contributed by atoms with Crippen LogP contribution in [-0.4, -0.2) is 6.54 Å². The maximum atomic E-state index is 3.61. The number of halogens is 1. The van der Waals surface area contributed by atoms with E-state index in [1.165, 1.54) is 50.5 Å². The highest BCUT2D eigenvalue weighted by Crippen LogP contribution is 2.22. The molecule has 1 aromatic rings. The Kier molecular flexibility index (Phi) is 9.19. The van der Waals surface area contributed by atoms with Crippen LogP contribution < -0.4 is 5.32 Å². The van der Waals surface area contributed by atoms with Gasteiger partial charge in [0, 0.05) is 10.5 Å². The van der Waals surface area contributed by atoms with Crippen LogP contribution >= 0.6 is 15.9 Å². The normalized spacial score (nSPS) is 12.6. The van der Waals surface area contributed by atoms with Gasteiger partial charge in [-0.15, -0.1) is 0 Å². The summed E-state index contributed by atoms with van der Waals surface area (Å²) in [5.74, 6) is 0. The van der Waals surface area contributed by atoms with Crippen LogP contribution in [0.15, 0.2) is 28.7 Å². The third-order valence-corrected chi connectivity index (χ3v) is 4.10. The van der Waals surface area contributed by atoms with Gasteiger partial charge in [0.25, 0.3) is 0 Å². The minimum absolute atomic E-state index is 0.518. The third kappa shape index (κ3) is 7.12. The highest BCUT2D eigenvalue weighted by Gasteiger charge is 2.09. The summed E-state index contributed by atoms with van der Waals surface area (Å²) in [5, 5.41) is 3.61. The van der Waals surface area contributed by atoms with Gasteiger partial charge in [0.1, 0.15) is 0 Å². The SMILES string of the molecule is CCCCCCCCC(NCC)c1ccc(Br)cc1. The molecule has 1 aromatic carbocycles. The molecule has 0 heterocycles. The summed E-state index contributed by atoms with van der Waals surface area (Å²) in [4.78, 5) is 0. The van der Waals surface area contributed by atoms with Crippen LogP contribution in [0.1, 0.15) is 70.4 Å². The topological polar surface area (TPSA) is 12.0 Å². The van der Waals surface area contributed by atoms with Crippen molar-refractivity contribution in [3.05, 3.63) is 34.3 Å². The van der Waals surface area contributed by atoms with Crippen LogP contribution in [0.3, 0.4) is 0 Å². The molecule has 0 fully saturated rings. The molecule has 1 unspecified atom stereocenters. The van der Waals surface area contributed by atoms with Gasteiger partial charge in [0.05, 0.1) is 0 Å². The molecule has 0 saturated carbocycles. The lowest BCUT2D eigenvalue weighted by molar-refractivity contribution is 0.477. The monoisotopic (exact) mass is 325 g/mol. The summed E-state index contributed by atoms with van der Waals surface area (Å²) in [6, 6.07) is 9.26. The number of nitrogens with one attached hydrogen (secondary N) is 1. The molecular formula is C17H28BrN. The number of benzene rings is 1. The van der Waals surface area contributed by atoms with E-state index in [0.29, 0.717) is 6.04 Å². The van der Waals surface area contributed by atoms with E-state index in [-0.39, 0.29) is 0 Å². The molecule has 0 aliphatic heterocycles. The Hall–Kier alpha value is -0.340. The number of rotatable bonds is 10. The van der Waals surface area contributed by atoms with Crippen LogP contribution in [0.2, 0.25) is 0 Å². The maximum Gasteiger partial charge on any atom is 0.0320 e. The average Bonchev–Trinajstić information content (AvgIpc) is 2.42. The van der Waals surface area contributed by atoms with Crippen molar-refractivity contribution >= 4 is 15.9 Å². The van der Waals surface area contributed by atoms with Crippen LogP contribution in [-0.2, 0) is 0 Å². The zero-order valence-corrected chi connectivity index (χ0v) is 14.0. The second kappa shape index (κ2) is 10.4. The third-order valence-electron chi connectivity index (χ3n) is 3.57. The van der Waals surface area contributed by atoms with Crippen molar-refractivity contribution in [3.8, 4) is 0 Å². The van der Waals surface area contributed by atoms with E-state index in [4.69, 9.17) is 0 Å². The van der Waals surface area contributed by atoms with Crippen molar-refractivity contribution in [2.24, 2.45) is 0 Å². The lowest BCUT2D eigenvalue weighted by Gasteiger charge is -2.18. The minimum Gasteiger partial charge on any atom is -0.310 e. The van der Waals surface area contributed by atoms with E-state index in [1.807, 2.05) is 0 Å². The first-order valence-electron chi connectivity index (χ1n) is 7.76. The van der Waals surface area contributed by atoms with Gasteiger partial charge in [-0.3, -0.25) is 0 Å². The van der Waals surface area contributed by atoms with E-state index < -0.39 is 0 Å². The largest absolute Gasteiger partial charge is 0.310 e. The molecule has 19 heavy (non-hydrogen) atoms. The molecule has 0 aromatic heterocycles. The number of hydrogen-bond acceptors (Lipinski definition) is 1. The van der Waals surface area contributed by atoms with E-state index in [0.717, 1.165) is 11.0 Å². The smallest absolute Gasteiger partial charge is 0.0320 e. The van der Waals surface area contributed by atoms with Crippen molar-refractivity contribution in [2.45, 2.75) is 64.8 Å². The van der Waals surface area contributed by atoms with Crippen molar-refractivity contribution in [1.29, 1.82) is 0 Å². The molecule has 1 rings (SSSR count). The van der Waals surface area contributed by atoms with Gasteiger partial charge in [-0.2, -0.15) is 0 Å². The molecule has 0 saturated heterocycles. The Morgan fingerprint density at radius 3 is 2.21 bits per heavy atom. The number of hydrogen-bond donors (Lipinski definition) is 1. The standard InChI is InChI=1S/C17H28BrN/c1-3-5-6-7-8-9-10-17(19-4-2)15-11-13-16(18)14-12-15/h11-14,17,19H,3-10H2,1-2H3. The summed E-state index contributed by atoms with van der Waals surface area (Å²) in [5.41, 5.74) is 1.42. The summed E-state index contributed by atoms with van der Waals surface area (Å²) in [6.45, 7) is 5.50. The Balaban J connectivity index is 2.34. The summed E-state index contributed by atoms with van der Waals surface area (Å²) < 4.78 is 1.16. The highest BCUT2D eigenvalue weighted by atomic mass is 79.9. The Morgan fingerprint density at radius 1 is 0.947 bits per heavy atom. The van der Waals surface area contributed by atoms with Crippen molar-refractivity contribution in [3.63, 3.8) is 0 Å². The lowest BCUT2D eigenvalue weighted by Crippen LogP contribution is -2.20. The minimum atomic E-state index is 0.518. The Labute approximate surface area is 127 Å². The molecular weight excluding hydrogens is 298 g/mol. The molecule has 0 spiro atoms. The van der Waals surface area contributed by atoms with E-state index >= 15 is 0 Å². The van der Waals surface area contributed by atoms with Crippen LogP contribution in [0.25, 0.3) is 0 Å². The molecule has 0 aliphatic rings. The van der Waals surface area contributed by atoms with E-state index in [9.17, 15) is 0 Å². The summed E-state index contributed by atoms with van der Waals surface area (Å²) in [6.07, 6.45) is 9.48. The van der Waals surface area contributed by atoms with Gasteiger partial charge in [-0.05, 0) is 30.7 Å². The van der Waals surface area contributed by atoms with Crippen molar-refractivity contribution in [1.82, 2.24) is 5.32 Å². The fourth-order valence-corrected chi connectivity index (χ4v) is 2.72. The van der Waals surface area contributed by atoms with Gasteiger partial charge in [0.2, 0.25) is 0 Å². The van der Waals surface area contributed by atoms with Gasteiger partial charge in [0.15, 0.2) is 0 Å². The van der Waals surface area contributed by atoms with Crippen LogP contribution in [0, 0.1) is 0 Å². The molecule has 1 N–H and O–H groups in total. The van der Waals surface area contributed by atoms with Crippen molar-refractivity contribution in [2.75, 3.05) is 6.54 Å². The molecule has 1 nitrogen and oxygen atoms in total. The second-order valence-corrected chi connectivity index (χ2v) is 6.13. The lowest BCUT2D eigenvalue weighted by atomic mass is 9.99. The fourth-order valence-electron chi connectivity index (χ4n) is 2.46. The molecule has 1 atom stereocenters. The van der Waals surface area contributed by atoms with Gasteiger partial charge in [-0.25, -0.2) is 0 Å². The molecule has 0 aliphatic carbocycles. The molecule has 108 valence electrons. The zero-order valence-electron chi connectivity index (χ0n) is 12.4. The van der Waals surface area contributed by atoms with Crippen molar-refractivity contribution < 1.29 is 0 Å². The number of unbranched alkanes of at least 4 members (excludes halogenated alkanes) is 5. The average molecular weight is 326 g/mol. The molecule has 2 heteroatoms. The first kappa shape index (κ1) is 16.7. The van der Waals surface area contributed by atoms with Gasteiger partial charge in [-0.1, -0.05) is 80.4 Å². The van der Waals surface area contributed by atoms with Gasteiger partial charge >= 0.3 is 0 Å². The van der Waals surface area contributed by atoms with Crippen LogP contribution in [0.5, 0.6) is 0 Å². The van der Waals surface area contributed by atoms with Crippen LogP contribution in [0.4, 0.5) is 0 Å². The Morgan fingerprint density at radius 2 is 1.58 bits per heavy atom. The van der Waals surface area contributed by atoms with Gasteiger partial charge < -0.3 is 5.32 Å². The summed E-state index contributed by atoms with van der Waals surface area (Å²) in [7, 11) is 0. The van der Waals surface area contributed by atoms with E-state index in [1.54, 1.807) is 0 Å².